The highest BCUT2D eigenvalue weighted by molar-refractivity contribution is 9.10. The highest BCUT2D eigenvalue weighted by Gasteiger charge is 2.38. The maximum Gasteiger partial charge on any atom is 0.227 e. The van der Waals surface area contributed by atoms with Gasteiger partial charge in [-0.25, -0.2) is 0 Å². The van der Waals surface area contributed by atoms with E-state index in [2.05, 4.69) is 33.4 Å². The van der Waals surface area contributed by atoms with E-state index in [9.17, 15) is 9.59 Å². The maximum atomic E-state index is 13.0. The van der Waals surface area contributed by atoms with Crippen molar-refractivity contribution in [3.63, 3.8) is 0 Å². The number of carbonyl (C=O) groups is 2. The van der Waals surface area contributed by atoms with Gasteiger partial charge in [0.15, 0.2) is 0 Å². The summed E-state index contributed by atoms with van der Waals surface area (Å²) in [6, 6.07) is 15.7. The Hall–Kier alpha value is -2.38. The largest absolute Gasteiger partial charge is 0.497 e. The standard InChI is InChI=1S/C24H27BrN2O4/c1-30-21-7-5-18(6-8-21)24(9-11-31-12-10-24)16-26-23(29)17-13-22(28)27(15-17)20-4-2-3-19(25)14-20/h2-8,14,17H,9-13,15-16H2,1H3,(H,26,29)/t17-/m1/s1. The number of nitrogens with one attached hydrogen (secondary N) is 1. The number of rotatable bonds is 6. The van der Waals surface area contributed by atoms with Crippen molar-refractivity contribution in [1.29, 1.82) is 0 Å². The molecule has 2 aromatic rings. The number of halogens is 1. The van der Waals surface area contributed by atoms with Gasteiger partial charge >= 0.3 is 0 Å². The Morgan fingerprint density at radius 1 is 1.23 bits per heavy atom. The van der Waals surface area contributed by atoms with Crippen molar-refractivity contribution in [2.75, 3.05) is 38.3 Å². The molecule has 0 radical (unpaired) electrons. The quantitative estimate of drug-likeness (QED) is 0.676. The monoisotopic (exact) mass is 486 g/mol. The van der Waals surface area contributed by atoms with E-state index < -0.39 is 0 Å². The molecule has 2 heterocycles. The second-order valence-electron chi connectivity index (χ2n) is 8.22. The van der Waals surface area contributed by atoms with Crippen molar-refractivity contribution in [3.8, 4) is 5.75 Å². The first-order valence-corrected chi connectivity index (χ1v) is 11.4. The van der Waals surface area contributed by atoms with Crippen LogP contribution in [0.1, 0.15) is 24.8 Å². The topological polar surface area (TPSA) is 67.9 Å². The van der Waals surface area contributed by atoms with Crippen LogP contribution in [0.5, 0.6) is 5.75 Å². The van der Waals surface area contributed by atoms with Gasteiger partial charge in [-0.1, -0.05) is 34.1 Å². The molecule has 2 aliphatic heterocycles. The summed E-state index contributed by atoms with van der Waals surface area (Å²) >= 11 is 3.44. The second kappa shape index (κ2) is 9.40. The van der Waals surface area contributed by atoms with Crippen LogP contribution in [0.4, 0.5) is 5.69 Å². The highest BCUT2D eigenvalue weighted by atomic mass is 79.9. The third-order valence-electron chi connectivity index (χ3n) is 6.37. The van der Waals surface area contributed by atoms with Gasteiger partial charge in [0.05, 0.1) is 13.0 Å². The first-order chi connectivity index (χ1) is 15.0. The molecule has 1 N–H and O–H groups in total. The average molecular weight is 487 g/mol. The zero-order valence-corrected chi connectivity index (χ0v) is 19.2. The molecule has 2 amide bonds. The van der Waals surface area contributed by atoms with E-state index in [1.807, 2.05) is 36.4 Å². The summed E-state index contributed by atoms with van der Waals surface area (Å²) < 4.78 is 11.8. The van der Waals surface area contributed by atoms with E-state index >= 15 is 0 Å². The van der Waals surface area contributed by atoms with Crippen molar-refractivity contribution in [2.24, 2.45) is 5.92 Å². The summed E-state index contributed by atoms with van der Waals surface area (Å²) in [4.78, 5) is 27.3. The minimum atomic E-state index is -0.348. The minimum absolute atomic E-state index is 0.0193. The van der Waals surface area contributed by atoms with Gasteiger partial charge in [-0.3, -0.25) is 9.59 Å². The lowest BCUT2D eigenvalue weighted by molar-refractivity contribution is -0.126. The third-order valence-corrected chi connectivity index (χ3v) is 6.86. The van der Waals surface area contributed by atoms with Gasteiger partial charge < -0.3 is 19.7 Å². The number of hydrogen-bond acceptors (Lipinski definition) is 4. The summed E-state index contributed by atoms with van der Waals surface area (Å²) in [5.41, 5.74) is 1.82. The molecule has 0 spiro atoms. The molecule has 0 bridgehead atoms. The maximum absolute atomic E-state index is 13.0. The fraction of sp³-hybridized carbons (Fsp3) is 0.417. The van der Waals surface area contributed by atoms with Crippen molar-refractivity contribution < 1.29 is 19.1 Å². The summed E-state index contributed by atoms with van der Waals surface area (Å²) in [6.07, 6.45) is 1.91. The van der Waals surface area contributed by atoms with Crippen LogP contribution in [0, 0.1) is 5.92 Å². The fourth-order valence-corrected chi connectivity index (χ4v) is 4.84. The van der Waals surface area contributed by atoms with E-state index in [0.717, 1.165) is 28.8 Å². The molecule has 31 heavy (non-hydrogen) atoms. The summed E-state index contributed by atoms with van der Waals surface area (Å²) in [5.74, 6) is 0.380. The molecule has 2 fully saturated rings. The molecular formula is C24H27BrN2O4. The van der Waals surface area contributed by atoms with E-state index in [-0.39, 0.29) is 29.6 Å². The van der Waals surface area contributed by atoms with Gasteiger partial charge in [0.1, 0.15) is 5.75 Å². The first-order valence-electron chi connectivity index (χ1n) is 10.6. The molecule has 4 rings (SSSR count). The molecule has 0 saturated carbocycles. The van der Waals surface area contributed by atoms with Gasteiger partial charge in [0.25, 0.3) is 0 Å². The van der Waals surface area contributed by atoms with Crippen LogP contribution in [0.2, 0.25) is 0 Å². The van der Waals surface area contributed by atoms with Crippen LogP contribution < -0.4 is 15.0 Å². The Morgan fingerprint density at radius 2 is 1.97 bits per heavy atom. The number of hydrogen-bond donors (Lipinski definition) is 1. The smallest absolute Gasteiger partial charge is 0.227 e. The number of nitrogens with zero attached hydrogens (tertiary/aromatic N) is 1. The van der Waals surface area contributed by atoms with E-state index in [1.165, 1.54) is 5.56 Å². The number of benzene rings is 2. The Morgan fingerprint density at radius 3 is 2.65 bits per heavy atom. The molecule has 2 saturated heterocycles. The van der Waals surface area contributed by atoms with Crippen molar-refractivity contribution in [2.45, 2.75) is 24.7 Å². The van der Waals surface area contributed by atoms with Crippen molar-refractivity contribution >= 4 is 33.4 Å². The molecule has 6 nitrogen and oxygen atoms in total. The van der Waals surface area contributed by atoms with E-state index in [0.29, 0.717) is 26.3 Å². The Balaban J connectivity index is 1.44. The fourth-order valence-electron chi connectivity index (χ4n) is 4.45. The predicted molar refractivity (Wildman–Crippen MR) is 122 cm³/mol. The Kier molecular flexibility index (Phi) is 6.62. The lowest BCUT2D eigenvalue weighted by atomic mass is 9.74. The third kappa shape index (κ3) is 4.77. The molecular weight excluding hydrogens is 460 g/mol. The highest BCUT2D eigenvalue weighted by Crippen LogP contribution is 2.35. The van der Waals surface area contributed by atoms with Crippen LogP contribution in [0.15, 0.2) is 53.0 Å². The lowest BCUT2D eigenvalue weighted by Crippen LogP contribution is -2.46. The van der Waals surface area contributed by atoms with Gasteiger partial charge in [0, 0.05) is 48.3 Å². The van der Waals surface area contributed by atoms with Crippen LogP contribution in [-0.4, -0.2) is 45.2 Å². The molecule has 0 unspecified atom stereocenters. The van der Waals surface area contributed by atoms with Crippen molar-refractivity contribution in [3.05, 3.63) is 58.6 Å². The normalized spacial score (nSPS) is 20.5. The molecule has 0 aliphatic carbocycles. The van der Waals surface area contributed by atoms with E-state index in [4.69, 9.17) is 9.47 Å². The zero-order chi connectivity index (χ0) is 21.8. The van der Waals surface area contributed by atoms with Crippen molar-refractivity contribution in [1.82, 2.24) is 5.32 Å². The Bertz CT molecular complexity index is 941. The number of methoxy groups -OCH3 is 1. The SMILES string of the molecule is COc1ccc(C2(CNC(=O)[C@@H]3CC(=O)N(c4cccc(Br)c4)C3)CCOCC2)cc1. The van der Waals surface area contributed by atoms with E-state index in [1.54, 1.807) is 12.0 Å². The summed E-state index contributed by atoms with van der Waals surface area (Å²) in [7, 11) is 1.65. The first kappa shape index (κ1) is 21.8. The lowest BCUT2D eigenvalue weighted by Gasteiger charge is -2.38. The zero-order valence-electron chi connectivity index (χ0n) is 17.6. The van der Waals surface area contributed by atoms with Gasteiger partial charge in [-0.15, -0.1) is 0 Å². The molecule has 164 valence electrons. The number of carbonyl (C=O) groups excluding carboxylic acids is 2. The molecule has 2 aromatic carbocycles. The molecule has 7 heteroatoms. The minimum Gasteiger partial charge on any atom is -0.497 e. The molecule has 2 aliphatic rings. The van der Waals surface area contributed by atoms with Gasteiger partial charge in [0.2, 0.25) is 11.8 Å². The Labute approximate surface area is 191 Å². The molecule has 1 atom stereocenters. The van der Waals surface area contributed by atoms with Crippen LogP contribution in [0.3, 0.4) is 0 Å². The number of amides is 2. The van der Waals surface area contributed by atoms with Gasteiger partial charge in [-0.2, -0.15) is 0 Å². The predicted octanol–water partition coefficient (Wildman–Crippen LogP) is 3.68. The summed E-state index contributed by atoms with van der Waals surface area (Å²) in [5, 5.41) is 3.15. The number of ether oxygens (including phenoxy) is 2. The average Bonchev–Trinajstić information content (AvgIpc) is 3.20. The van der Waals surface area contributed by atoms with Crippen LogP contribution in [0.25, 0.3) is 0 Å². The van der Waals surface area contributed by atoms with Crippen LogP contribution >= 0.6 is 15.9 Å². The summed E-state index contributed by atoms with van der Waals surface area (Å²) in [6.45, 7) is 2.27. The second-order valence-corrected chi connectivity index (χ2v) is 9.14. The van der Waals surface area contributed by atoms with Crippen LogP contribution in [-0.2, 0) is 19.7 Å². The number of anilines is 1. The van der Waals surface area contributed by atoms with Gasteiger partial charge in [-0.05, 0) is 48.7 Å². The molecule has 0 aromatic heterocycles.